The van der Waals surface area contributed by atoms with Gasteiger partial charge in [0, 0.05) is 25.1 Å². The van der Waals surface area contributed by atoms with Crippen LogP contribution in [-0.2, 0) is 30.5 Å². The highest BCUT2D eigenvalue weighted by Crippen LogP contribution is 2.22. The van der Waals surface area contributed by atoms with Crippen LogP contribution in [0, 0.1) is 0 Å². The minimum atomic E-state index is -0.911. The van der Waals surface area contributed by atoms with Crippen molar-refractivity contribution in [2.24, 2.45) is 0 Å². The molecule has 1 fully saturated rings. The van der Waals surface area contributed by atoms with Crippen molar-refractivity contribution in [3.63, 3.8) is 0 Å². The fraction of sp³-hybridized carbons (Fsp3) is 0.360. The molecule has 1 aliphatic heterocycles. The van der Waals surface area contributed by atoms with Crippen LogP contribution in [0.15, 0.2) is 60.7 Å². The number of benzene rings is 2. The molecule has 0 saturated carbocycles. The van der Waals surface area contributed by atoms with Crippen LogP contribution >= 0.6 is 0 Å². The van der Waals surface area contributed by atoms with E-state index in [1.165, 1.54) is 4.90 Å². The molecule has 32 heavy (non-hydrogen) atoms. The first-order chi connectivity index (χ1) is 15.5. The van der Waals surface area contributed by atoms with Gasteiger partial charge in [-0.05, 0) is 37.5 Å². The van der Waals surface area contributed by atoms with Crippen LogP contribution in [0.1, 0.15) is 38.2 Å². The van der Waals surface area contributed by atoms with Gasteiger partial charge in [-0.15, -0.1) is 0 Å². The Balaban J connectivity index is 1.65. The fourth-order valence-electron chi connectivity index (χ4n) is 3.87. The molecule has 0 bridgehead atoms. The minimum absolute atomic E-state index is 0.0113. The maximum Gasteiger partial charge on any atom is 0.376 e. The average molecular weight is 437 g/mol. The Bertz CT molecular complexity index is 945. The van der Waals surface area contributed by atoms with Gasteiger partial charge in [0.25, 0.3) is 5.78 Å². The number of amides is 2. The van der Waals surface area contributed by atoms with Gasteiger partial charge in [-0.3, -0.25) is 14.4 Å². The highest BCUT2D eigenvalue weighted by Gasteiger charge is 2.37. The van der Waals surface area contributed by atoms with Crippen molar-refractivity contribution in [3.05, 3.63) is 66.2 Å². The first-order valence-electron chi connectivity index (χ1n) is 10.9. The van der Waals surface area contributed by atoms with Crippen LogP contribution in [0.4, 0.5) is 5.69 Å². The molecule has 168 valence electrons. The SMILES string of the molecule is CCOC(=O)C(=O)C1CCCN1C(=O)CCC(=O)N(Cc1ccccc1)c1ccccc1. The zero-order chi connectivity index (χ0) is 22.9. The van der Waals surface area contributed by atoms with E-state index in [1.807, 2.05) is 60.7 Å². The molecule has 1 aliphatic rings. The van der Waals surface area contributed by atoms with Crippen molar-refractivity contribution in [2.75, 3.05) is 18.1 Å². The van der Waals surface area contributed by atoms with Crippen molar-refractivity contribution in [3.8, 4) is 0 Å². The summed E-state index contributed by atoms with van der Waals surface area (Å²) in [6.45, 7) is 2.53. The Labute approximate surface area is 188 Å². The summed E-state index contributed by atoms with van der Waals surface area (Å²) in [5.74, 6) is -2.09. The zero-order valence-corrected chi connectivity index (χ0v) is 18.2. The molecule has 0 aromatic heterocycles. The van der Waals surface area contributed by atoms with E-state index in [4.69, 9.17) is 4.74 Å². The van der Waals surface area contributed by atoms with Crippen molar-refractivity contribution >= 4 is 29.3 Å². The molecular formula is C25H28N2O5. The number of hydrogen-bond acceptors (Lipinski definition) is 5. The van der Waals surface area contributed by atoms with Crippen molar-refractivity contribution < 1.29 is 23.9 Å². The summed E-state index contributed by atoms with van der Waals surface area (Å²) in [4.78, 5) is 53.1. The highest BCUT2D eigenvalue weighted by atomic mass is 16.5. The predicted molar refractivity (Wildman–Crippen MR) is 120 cm³/mol. The zero-order valence-electron chi connectivity index (χ0n) is 18.2. The summed E-state index contributed by atoms with van der Waals surface area (Å²) < 4.78 is 4.79. The quantitative estimate of drug-likeness (QED) is 0.445. The smallest absolute Gasteiger partial charge is 0.376 e. The first kappa shape index (κ1) is 23.2. The molecule has 7 nitrogen and oxygen atoms in total. The van der Waals surface area contributed by atoms with Crippen molar-refractivity contribution in [1.29, 1.82) is 0 Å². The van der Waals surface area contributed by atoms with Gasteiger partial charge in [0.05, 0.1) is 13.2 Å². The van der Waals surface area contributed by atoms with Crippen LogP contribution in [0.25, 0.3) is 0 Å². The van der Waals surface area contributed by atoms with Gasteiger partial charge in [-0.25, -0.2) is 4.79 Å². The minimum Gasteiger partial charge on any atom is -0.460 e. The maximum atomic E-state index is 13.1. The number of ketones is 1. The molecular weight excluding hydrogens is 408 g/mol. The summed E-state index contributed by atoms with van der Waals surface area (Å²) >= 11 is 0. The molecule has 0 radical (unpaired) electrons. The van der Waals surface area contributed by atoms with Gasteiger partial charge < -0.3 is 14.5 Å². The van der Waals surface area contributed by atoms with E-state index in [0.29, 0.717) is 25.9 Å². The Morgan fingerprint density at radius 2 is 1.62 bits per heavy atom. The van der Waals surface area contributed by atoms with Gasteiger partial charge in [0.2, 0.25) is 11.8 Å². The van der Waals surface area contributed by atoms with Crippen LogP contribution in [0.2, 0.25) is 0 Å². The summed E-state index contributed by atoms with van der Waals surface area (Å²) in [6.07, 6.45) is 1.06. The molecule has 2 aromatic carbocycles. The second kappa shape index (κ2) is 11.2. The summed E-state index contributed by atoms with van der Waals surface area (Å²) in [6, 6.07) is 18.2. The number of ether oxygens (including phenoxy) is 1. The molecule has 0 aliphatic carbocycles. The summed E-state index contributed by atoms with van der Waals surface area (Å²) in [5.41, 5.74) is 1.74. The van der Waals surface area contributed by atoms with Crippen LogP contribution in [0.3, 0.4) is 0 Å². The molecule has 2 amide bonds. The molecule has 2 aromatic rings. The van der Waals surface area contributed by atoms with Crippen molar-refractivity contribution in [2.45, 2.75) is 45.2 Å². The Hall–Kier alpha value is -3.48. The number of anilines is 1. The number of carbonyl (C=O) groups excluding carboxylic acids is 4. The van der Waals surface area contributed by atoms with Gasteiger partial charge in [-0.2, -0.15) is 0 Å². The number of esters is 1. The normalized spacial score (nSPS) is 15.3. The Morgan fingerprint density at radius 3 is 2.28 bits per heavy atom. The standard InChI is InChI=1S/C25H28N2O5/c1-2-32-25(31)24(30)21-14-9-17-26(21)22(28)15-16-23(29)27(20-12-7-4-8-13-20)18-19-10-5-3-6-11-19/h3-8,10-13,21H,2,9,14-18H2,1H3. The van der Waals surface area contributed by atoms with Gasteiger partial charge in [0.1, 0.15) is 6.04 Å². The lowest BCUT2D eigenvalue weighted by molar-refractivity contribution is -0.156. The molecule has 1 atom stereocenters. The van der Waals surface area contributed by atoms with Crippen LogP contribution < -0.4 is 4.90 Å². The molecule has 0 N–H and O–H groups in total. The van der Waals surface area contributed by atoms with E-state index in [-0.39, 0.29) is 31.3 Å². The molecule has 1 unspecified atom stereocenters. The number of hydrogen-bond donors (Lipinski definition) is 0. The largest absolute Gasteiger partial charge is 0.460 e. The topological polar surface area (TPSA) is 84.0 Å². The summed E-state index contributed by atoms with van der Waals surface area (Å²) in [7, 11) is 0. The number of carbonyl (C=O) groups is 4. The third kappa shape index (κ3) is 5.81. The number of para-hydroxylation sites is 1. The predicted octanol–water partition coefficient (Wildman–Crippen LogP) is 3.12. The molecule has 1 heterocycles. The van der Waals surface area contributed by atoms with Crippen LogP contribution in [0.5, 0.6) is 0 Å². The summed E-state index contributed by atoms with van der Waals surface area (Å²) in [5, 5.41) is 0. The fourth-order valence-corrected chi connectivity index (χ4v) is 3.87. The number of likely N-dealkylation sites (tertiary alicyclic amines) is 1. The lowest BCUT2D eigenvalue weighted by Gasteiger charge is -2.25. The molecule has 7 heteroatoms. The van der Waals surface area contributed by atoms with E-state index < -0.39 is 17.8 Å². The Morgan fingerprint density at radius 1 is 0.969 bits per heavy atom. The lowest BCUT2D eigenvalue weighted by Crippen LogP contribution is -2.44. The number of Topliss-reactive ketones (excluding diaryl/α,β-unsaturated/α-hetero) is 1. The van der Waals surface area contributed by atoms with E-state index in [2.05, 4.69) is 0 Å². The molecule has 3 rings (SSSR count). The van der Waals surface area contributed by atoms with E-state index in [9.17, 15) is 19.2 Å². The molecule has 1 saturated heterocycles. The first-order valence-corrected chi connectivity index (χ1v) is 10.9. The third-order valence-electron chi connectivity index (χ3n) is 5.46. The van der Waals surface area contributed by atoms with E-state index >= 15 is 0 Å². The Kier molecular flexibility index (Phi) is 8.14. The van der Waals surface area contributed by atoms with Crippen molar-refractivity contribution in [1.82, 2.24) is 4.90 Å². The van der Waals surface area contributed by atoms with Gasteiger partial charge in [-0.1, -0.05) is 48.5 Å². The number of nitrogens with zero attached hydrogens (tertiary/aromatic N) is 2. The van der Waals surface area contributed by atoms with E-state index in [1.54, 1.807) is 11.8 Å². The third-order valence-corrected chi connectivity index (χ3v) is 5.46. The van der Waals surface area contributed by atoms with Gasteiger partial charge >= 0.3 is 5.97 Å². The second-order valence-corrected chi connectivity index (χ2v) is 7.63. The second-order valence-electron chi connectivity index (χ2n) is 7.63. The average Bonchev–Trinajstić information content (AvgIpc) is 3.31. The highest BCUT2D eigenvalue weighted by molar-refractivity contribution is 6.36. The maximum absolute atomic E-state index is 13.1. The number of rotatable bonds is 9. The van der Waals surface area contributed by atoms with Crippen LogP contribution in [-0.4, -0.2) is 47.7 Å². The van der Waals surface area contributed by atoms with Gasteiger partial charge in [0.15, 0.2) is 0 Å². The lowest BCUT2D eigenvalue weighted by atomic mass is 10.1. The molecule has 0 spiro atoms. The monoisotopic (exact) mass is 436 g/mol. The van der Waals surface area contributed by atoms with E-state index in [0.717, 1.165) is 11.3 Å².